The molecule has 2 aromatic rings. The summed E-state index contributed by atoms with van der Waals surface area (Å²) in [4.78, 5) is 33.7. The van der Waals surface area contributed by atoms with Gasteiger partial charge in [0.25, 0.3) is 11.6 Å². The first-order valence-corrected chi connectivity index (χ1v) is 8.43. The molecule has 0 aromatic heterocycles. The largest absolute Gasteiger partial charge is 0.452 e. The van der Waals surface area contributed by atoms with Gasteiger partial charge in [-0.2, -0.15) is 0 Å². The number of non-ortho nitro benzene ring substituents is 1. The molecule has 2 aromatic carbocycles. The third kappa shape index (κ3) is 6.25. The zero-order valence-corrected chi connectivity index (χ0v) is 15.7. The van der Waals surface area contributed by atoms with Gasteiger partial charge < -0.3 is 10.1 Å². The predicted octanol–water partition coefficient (Wildman–Crippen LogP) is 4.75. The van der Waals surface area contributed by atoms with E-state index in [1.54, 1.807) is 12.1 Å². The molecule has 1 N–H and O–H groups in total. The normalized spacial score (nSPS) is 10.6. The topological polar surface area (TPSA) is 98.5 Å². The lowest BCUT2D eigenvalue weighted by Gasteiger charge is -2.07. The van der Waals surface area contributed by atoms with E-state index in [4.69, 9.17) is 39.5 Å². The SMILES string of the molecule is O=C(COC(=O)/C=C/c1ccc(Cl)cc1Cl)Nc1cc([N+](=O)[O-])ccc1Cl. The second kappa shape index (κ2) is 9.36. The number of carbonyl (C=O) groups excluding carboxylic acids is 2. The number of rotatable bonds is 6. The van der Waals surface area contributed by atoms with E-state index < -0.39 is 23.4 Å². The zero-order valence-electron chi connectivity index (χ0n) is 13.4. The third-order valence-electron chi connectivity index (χ3n) is 3.14. The van der Waals surface area contributed by atoms with Crippen LogP contribution in [0.2, 0.25) is 15.1 Å². The lowest BCUT2D eigenvalue weighted by molar-refractivity contribution is -0.384. The van der Waals surface area contributed by atoms with E-state index in [1.807, 2.05) is 0 Å². The van der Waals surface area contributed by atoms with Gasteiger partial charge in [-0.05, 0) is 29.8 Å². The minimum atomic E-state index is -0.777. The summed E-state index contributed by atoms with van der Waals surface area (Å²) >= 11 is 17.6. The molecule has 7 nitrogen and oxygen atoms in total. The van der Waals surface area contributed by atoms with E-state index in [1.165, 1.54) is 24.3 Å². The number of hydrogen-bond acceptors (Lipinski definition) is 5. The Morgan fingerprint density at radius 1 is 1.11 bits per heavy atom. The number of esters is 1. The summed E-state index contributed by atoms with van der Waals surface area (Å²) in [6.45, 7) is -0.601. The van der Waals surface area contributed by atoms with Gasteiger partial charge in [-0.3, -0.25) is 14.9 Å². The van der Waals surface area contributed by atoms with Gasteiger partial charge in [0.1, 0.15) is 0 Å². The van der Waals surface area contributed by atoms with Gasteiger partial charge in [-0.15, -0.1) is 0 Å². The number of nitrogens with zero attached hydrogens (tertiary/aromatic N) is 1. The van der Waals surface area contributed by atoms with Crippen molar-refractivity contribution in [1.82, 2.24) is 0 Å². The smallest absolute Gasteiger partial charge is 0.331 e. The maximum Gasteiger partial charge on any atom is 0.331 e. The van der Waals surface area contributed by atoms with Crippen molar-refractivity contribution < 1.29 is 19.2 Å². The molecule has 0 unspecified atom stereocenters. The summed E-state index contributed by atoms with van der Waals surface area (Å²) in [5.41, 5.74) is 0.343. The van der Waals surface area contributed by atoms with E-state index in [2.05, 4.69) is 5.32 Å². The molecule has 27 heavy (non-hydrogen) atoms. The number of hydrogen-bond donors (Lipinski definition) is 1. The maximum atomic E-state index is 11.8. The molecule has 0 aliphatic heterocycles. The Labute approximate surface area is 168 Å². The van der Waals surface area contributed by atoms with Gasteiger partial charge in [0, 0.05) is 28.3 Å². The van der Waals surface area contributed by atoms with Gasteiger partial charge in [-0.1, -0.05) is 40.9 Å². The fraction of sp³-hybridized carbons (Fsp3) is 0.0588. The highest BCUT2D eigenvalue weighted by Gasteiger charge is 2.13. The van der Waals surface area contributed by atoms with Crippen LogP contribution < -0.4 is 5.32 Å². The van der Waals surface area contributed by atoms with E-state index in [9.17, 15) is 19.7 Å². The van der Waals surface area contributed by atoms with Crippen LogP contribution in [-0.2, 0) is 14.3 Å². The van der Waals surface area contributed by atoms with E-state index >= 15 is 0 Å². The predicted molar refractivity (Wildman–Crippen MR) is 103 cm³/mol. The van der Waals surface area contributed by atoms with Crippen LogP contribution in [0, 0.1) is 10.1 Å². The molecule has 2 rings (SSSR count). The molecule has 0 spiro atoms. The highest BCUT2D eigenvalue weighted by atomic mass is 35.5. The molecule has 0 radical (unpaired) electrons. The van der Waals surface area contributed by atoms with Gasteiger partial charge >= 0.3 is 5.97 Å². The average molecular weight is 430 g/mol. The molecule has 0 fully saturated rings. The van der Waals surface area contributed by atoms with Crippen molar-refractivity contribution in [2.45, 2.75) is 0 Å². The first kappa shape index (κ1) is 20.7. The van der Waals surface area contributed by atoms with Crippen molar-refractivity contribution in [2.75, 3.05) is 11.9 Å². The standard InChI is InChI=1S/C17H11Cl3N2O5/c18-11-3-1-10(14(20)7-11)2-6-17(24)27-9-16(23)21-15-8-12(22(25)26)4-5-13(15)19/h1-8H,9H2,(H,21,23)/b6-2+. The lowest BCUT2D eigenvalue weighted by atomic mass is 10.2. The lowest BCUT2D eigenvalue weighted by Crippen LogP contribution is -2.20. The molecule has 10 heteroatoms. The summed E-state index contributed by atoms with van der Waals surface area (Å²) in [5, 5.41) is 14.0. The summed E-state index contributed by atoms with van der Waals surface area (Å²) in [5.74, 6) is -1.48. The van der Waals surface area contributed by atoms with Crippen LogP contribution in [0.1, 0.15) is 5.56 Å². The first-order valence-electron chi connectivity index (χ1n) is 7.30. The zero-order chi connectivity index (χ0) is 20.0. The molecule has 0 atom stereocenters. The number of nitro benzene ring substituents is 1. The van der Waals surface area contributed by atoms with Crippen LogP contribution in [-0.4, -0.2) is 23.4 Å². The highest BCUT2D eigenvalue weighted by molar-refractivity contribution is 6.35. The van der Waals surface area contributed by atoms with E-state index in [0.717, 1.165) is 12.1 Å². The van der Waals surface area contributed by atoms with Crippen molar-refractivity contribution >= 4 is 64.1 Å². The Bertz CT molecular complexity index is 931. The van der Waals surface area contributed by atoms with Crippen LogP contribution in [0.25, 0.3) is 6.08 Å². The van der Waals surface area contributed by atoms with Crippen LogP contribution in [0.15, 0.2) is 42.5 Å². The van der Waals surface area contributed by atoms with Crippen molar-refractivity contribution in [1.29, 1.82) is 0 Å². The Morgan fingerprint density at radius 3 is 2.52 bits per heavy atom. The monoisotopic (exact) mass is 428 g/mol. The summed E-state index contributed by atoms with van der Waals surface area (Å²) in [6, 6.07) is 8.32. The quantitative estimate of drug-likeness (QED) is 0.309. The highest BCUT2D eigenvalue weighted by Crippen LogP contribution is 2.26. The second-order valence-corrected chi connectivity index (χ2v) is 6.33. The molecule has 0 saturated heterocycles. The molecule has 1 amide bonds. The van der Waals surface area contributed by atoms with Gasteiger partial charge in [0.15, 0.2) is 6.61 Å². The average Bonchev–Trinajstić information content (AvgIpc) is 2.61. The summed E-state index contributed by atoms with van der Waals surface area (Å²) < 4.78 is 4.80. The van der Waals surface area contributed by atoms with Gasteiger partial charge in [0.2, 0.25) is 0 Å². The van der Waals surface area contributed by atoms with Crippen LogP contribution in [0.3, 0.4) is 0 Å². The molecule has 0 heterocycles. The molecule has 140 valence electrons. The minimum absolute atomic E-state index is 0.0374. The van der Waals surface area contributed by atoms with Crippen LogP contribution >= 0.6 is 34.8 Å². The third-order valence-corrected chi connectivity index (χ3v) is 4.03. The number of ether oxygens (including phenoxy) is 1. The first-order chi connectivity index (χ1) is 12.8. The number of benzene rings is 2. The Hall–Kier alpha value is -2.61. The number of nitrogens with one attached hydrogen (secondary N) is 1. The summed E-state index contributed by atoms with van der Waals surface area (Å²) in [6.07, 6.45) is 2.51. The number of anilines is 1. The van der Waals surface area contributed by atoms with Gasteiger partial charge in [0.05, 0.1) is 15.6 Å². The second-order valence-electron chi connectivity index (χ2n) is 5.08. The molecule has 0 aliphatic carbocycles. The van der Waals surface area contributed by atoms with Crippen LogP contribution in [0.4, 0.5) is 11.4 Å². The van der Waals surface area contributed by atoms with Crippen molar-refractivity contribution in [3.63, 3.8) is 0 Å². The molecule has 0 bridgehead atoms. The number of nitro groups is 1. The minimum Gasteiger partial charge on any atom is -0.452 e. The fourth-order valence-electron chi connectivity index (χ4n) is 1.89. The van der Waals surface area contributed by atoms with E-state index in [0.29, 0.717) is 15.6 Å². The number of carbonyl (C=O) groups is 2. The Balaban J connectivity index is 1.91. The van der Waals surface area contributed by atoms with Crippen molar-refractivity contribution in [3.8, 4) is 0 Å². The number of halogens is 3. The maximum absolute atomic E-state index is 11.8. The van der Waals surface area contributed by atoms with Crippen molar-refractivity contribution in [2.24, 2.45) is 0 Å². The Kier molecular flexibility index (Phi) is 7.18. The molecule has 0 saturated carbocycles. The molecular weight excluding hydrogens is 419 g/mol. The molecular formula is C17H11Cl3N2O5. The molecule has 0 aliphatic rings. The van der Waals surface area contributed by atoms with Crippen molar-refractivity contribution in [3.05, 3.63) is 73.2 Å². The fourth-order valence-corrected chi connectivity index (χ4v) is 2.52. The summed E-state index contributed by atoms with van der Waals surface area (Å²) in [7, 11) is 0. The van der Waals surface area contributed by atoms with Gasteiger partial charge in [-0.25, -0.2) is 4.79 Å². The van der Waals surface area contributed by atoms with Crippen LogP contribution in [0.5, 0.6) is 0 Å². The number of amides is 1. The Morgan fingerprint density at radius 2 is 1.85 bits per heavy atom. The van der Waals surface area contributed by atoms with E-state index in [-0.39, 0.29) is 16.4 Å².